The maximum Gasteiger partial charge on any atom is 0.326 e. The van der Waals surface area contributed by atoms with Crippen LogP contribution in [0.25, 0.3) is 0 Å². The van der Waals surface area contributed by atoms with Crippen molar-refractivity contribution in [1.29, 1.82) is 0 Å². The summed E-state index contributed by atoms with van der Waals surface area (Å²) in [6, 6.07) is -16.0. The fourth-order valence-corrected chi connectivity index (χ4v) is 7.25. The number of nitrogens with two attached hydrogens (primary N) is 2. The molecule has 10 atom stereocenters. The van der Waals surface area contributed by atoms with Crippen LogP contribution in [-0.4, -0.2) is 204 Å². The lowest BCUT2D eigenvalue weighted by Gasteiger charge is -2.27. The molecule has 0 unspecified atom stereocenters. The highest BCUT2D eigenvalue weighted by atomic mass is 32.1. The Bertz CT molecular complexity index is 2160. The van der Waals surface area contributed by atoms with Gasteiger partial charge in [0.2, 0.25) is 53.2 Å². The van der Waals surface area contributed by atoms with Crippen molar-refractivity contribution in [3.63, 3.8) is 0 Å². The van der Waals surface area contributed by atoms with Crippen LogP contribution < -0.4 is 59.3 Å². The lowest BCUT2D eigenvalue weighted by Crippen LogP contribution is -2.60. The molecule has 0 aromatic heterocycles. The second kappa shape index (κ2) is 37.7. The molecule has 0 aromatic rings. The Morgan fingerprint density at radius 1 is 0.346 bits per heavy atom. The van der Waals surface area contributed by atoms with E-state index in [2.05, 4.69) is 85.7 Å². The molecule has 35 heteroatoms. The zero-order valence-electron chi connectivity index (χ0n) is 42.1. The SMILES string of the molecule is C[C@H](NC(=O)[C@H](CS)NC(=O)[C@H](CS)NC(=O)[C@H](CCC(=O)O)NC(=O)[C@@H](N)CCC(=O)O)C(=O)N[C@@H](CCCCN)C(=O)N[C@@H](CCC(=O)O)C(=O)N[C@@H](CCC(=O)O)C(=O)N[C@@H](CS)C(=O)N[C@@H](CCC(=O)O)C(=O)O. The number of hydrogen-bond acceptors (Lipinski definition) is 20. The van der Waals surface area contributed by atoms with E-state index in [1.165, 1.54) is 6.92 Å². The second-order valence-electron chi connectivity index (χ2n) is 17.2. The quantitative estimate of drug-likeness (QED) is 0.0200. The van der Waals surface area contributed by atoms with Gasteiger partial charge in [0, 0.05) is 49.4 Å². The Hall–Kier alpha value is -6.98. The van der Waals surface area contributed by atoms with Crippen LogP contribution >= 0.6 is 37.9 Å². The summed E-state index contributed by atoms with van der Waals surface area (Å²) in [5.74, 6) is -19.7. The number of rotatable bonds is 41. The Kier molecular flexibility index (Phi) is 34.4. The largest absolute Gasteiger partial charge is 0.481 e. The molecule has 32 nitrogen and oxygen atoms in total. The first-order valence-corrected chi connectivity index (χ1v) is 25.7. The molecule has 78 heavy (non-hydrogen) atoms. The Morgan fingerprint density at radius 2 is 0.603 bits per heavy atom. The van der Waals surface area contributed by atoms with Gasteiger partial charge in [-0.25, -0.2) is 4.79 Å². The number of carbonyl (C=O) groups is 15. The Labute approximate surface area is 461 Å². The third kappa shape index (κ3) is 29.0. The molecular weight excluding hydrogens is 1100 g/mol. The Balaban J connectivity index is 6.33. The van der Waals surface area contributed by atoms with Crippen LogP contribution in [0, 0.1) is 0 Å². The highest BCUT2D eigenvalue weighted by Crippen LogP contribution is 2.09. The first-order chi connectivity index (χ1) is 36.5. The summed E-state index contributed by atoms with van der Waals surface area (Å²) in [4.78, 5) is 188. The van der Waals surface area contributed by atoms with Crippen molar-refractivity contribution in [3.05, 3.63) is 0 Å². The third-order valence-corrected chi connectivity index (χ3v) is 12.0. The van der Waals surface area contributed by atoms with E-state index in [0.717, 1.165) is 0 Å². The lowest BCUT2D eigenvalue weighted by molar-refractivity contribution is -0.143. The van der Waals surface area contributed by atoms with Gasteiger partial charge >= 0.3 is 35.8 Å². The first kappa shape index (κ1) is 71.0. The van der Waals surface area contributed by atoms with Gasteiger partial charge < -0.3 is 90.0 Å². The first-order valence-electron chi connectivity index (χ1n) is 23.8. The molecule has 440 valence electrons. The van der Waals surface area contributed by atoms with Gasteiger partial charge in [-0.2, -0.15) is 37.9 Å². The smallest absolute Gasteiger partial charge is 0.326 e. The van der Waals surface area contributed by atoms with Crippen molar-refractivity contribution in [2.24, 2.45) is 11.5 Å². The van der Waals surface area contributed by atoms with Crippen LogP contribution in [0.1, 0.15) is 90.4 Å². The van der Waals surface area contributed by atoms with Gasteiger partial charge in [0.15, 0.2) is 0 Å². The molecule has 0 bridgehead atoms. The minimum Gasteiger partial charge on any atom is -0.481 e. The number of unbranched alkanes of at least 4 members (excludes halogenated alkanes) is 1. The van der Waals surface area contributed by atoms with Gasteiger partial charge in [-0.1, -0.05) is 0 Å². The van der Waals surface area contributed by atoms with E-state index in [1.807, 2.05) is 0 Å². The van der Waals surface area contributed by atoms with Crippen molar-refractivity contribution in [3.8, 4) is 0 Å². The van der Waals surface area contributed by atoms with Crippen molar-refractivity contribution in [2.75, 3.05) is 23.8 Å². The van der Waals surface area contributed by atoms with E-state index < -0.39 is 224 Å². The van der Waals surface area contributed by atoms with Crippen LogP contribution in [0.15, 0.2) is 0 Å². The van der Waals surface area contributed by atoms with Crippen LogP contribution in [0.3, 0.4) is 0 Å². The van der Waals surface area contributed by atoms with Gasteiger partial charge in [-0.05, 0) is 64.8 Å². The minimum absolute atomic E-state index is 0.125. The molecule has 0 aromatic carbocycles. The van der Waals surface area contributed by atoms with E-state index in [9.17, 15) is 92.3 Å². The molecule has 0 saturated heterocycles. The lowest BCUT2D eigenvalue weighted by atomic mass is 10.0. The number of carboxylic acids is 6. The fourth-order valence-electron chi connectivity index (χ4n) is 6.48. The van der Waals surface area contributed by atoms with E-state index in [1.54, 1.807) is 0 Å². The highest BCUT2D eigenvalue weighted by molar-refractivity contribution is 7.80. The zero-order chi connectivity index (χ0) is 59.8. The van der Waals surface area contributed by atoms with Crippen molar-refractivity contribution >= 4 is 127 Å². The highest BCUT2D eigenvalue weighted by Gasteiger charge is 2.35. The number of amides is 9. The molecule has 0 aliphatic heterocycles. The second-order valence-corrected chi connectivity index (χ2v) is 18.3. The summed E-state index contributed by atoms with van der Waals surface area (Å²) in [7, 11) is 0. The van der Waals surface area contributed by atoms with Crippen LogP contribution in [0.4, 0.5) is 0 Å². The number of carbonyl (C=O) groups excluding carboxylic acids is 9. The fraction of sp³-hybridized carbons (Fsp3) is 0.651. The molecule has 19 N–H and O–H groups in total. The van der Waals surface area contributed by atoms with E-state index >= 15 is 0 Å². The van der Waals surface area contributed by atoms with Crippen molar-refractivity contribution in [2.45, 2.75) is 151 Å². The van der Waals surface area contributed by atoms with Gasteiger partial charge in [0.25, 0.3) is 0 Å². The summed E-state index contributed by atoms with van der Waals surface area (Å²) in [6.07, 6.45) is -5.67. The number of carboxylic acid groups (broad SMARTS) is 6. The monoisotopic (exact) mass is 1170 g/mol. The third-order valence-electron chi connectivity index (χ3n) is 10.9. The van der Waals surface area contributed by atoms with Gasteiger partial charge in [-0.3, -0.25) is 67.1 Å². The number of nitrogens with one attached hydrogen (secondary N) is 9. The van der Waals surface area contributed by atoms with Crippen molar-refractivity contribution < 1.29 is 103 Å². The number of thiol groups is 3. The molecule has 0 radical (unpaired) electrons. The van der Waals surface area contributed by atoms with Crippen LogP contribution in [-0.2, 0) is 71.9 Å². The minimum atomic E-state index is -1.81. The average molecular weight is 1170 g/mol. The maximum absolute atomic E-state index is 13.9. The van der Waals surface area contributed by atoms with Gasteiger partial charge in [-0.15, -0.1) is 0 Å². The van der Waals surface area contributed by atoms with Crippen LogP contribution in [0.2, 0.25) is 0 Å². The van der Waals surface area contributed by atoms with Gasteiger partial charge in [0.1, 0.15) is 54.4 Å². The molecule has 0 heterocycles. The number of aliphatic carboxylic acids is 6. The summed E-state index contributed by atoms with van der Waals surface area (Å²) in [5.41, 5.74) is 11.3. The molecular formula is C43H69N11O21S3. The predicted molar refractivity (Wildman–Crippen MR) is 277 cm³/mol. The summed E-state index contributed by atoms with van der Waals surface area (Å²) in [6.45, 7) is 1.30. The standard InChI is InChI=1S/C43H69N11O21S3/c1-19(46-40(71)26(16-76)54-42(73)28(18-78)53-38(69)22(6-11-30(57)58)48-35(66)20(45)5-10-29(55)56)34(65)47-21(4-2-3-15-44)36(67)49-23(7-12-31(59)60)37(68)50-24(8-13-32(61)62)39(70)52-27(17-77)41(72)51-25(43(74)75)9-14-33(63)64/h19-28,76-78H,2-18,44-45H2,1H3,(H,46,71)(H,47,65)(H,48,66)(H,49,67)(H,50,68)(H,51,72)(H,52,70)(H,53,69)(H,54,73)(H,55,56)(H,57,58)(H,59,60)(H,61,62)(H,63,64)(H,74,75)/t19-,20-,21-,22-,23-,24-,25-,26-,27-,28-/m0/s1. The summed E-state index contributed by atoms with van der Waals surface area (Å²) in [5, 5.41) is 75.5. The molecule has 0 aliphatic rings. The molecule has 0 fully saturated rings. The van der Waals surface area contributed by atoms with E-state index in [-0.39, 0.29) is 25.8 Å². The molecule has 0 rings (SSSR count). The molecule has 0 spiro atoms. The topological polar surface area (TPSA) is 538 Å². The summed E-state index contributed by atoms with van der Waals surface area (Å²) < 4.78 is 0. The van der Waals surface area contributed by atoms with Gasteiger partial charge in [0.05, 0.1) is 6.04 Å². The van der Waals surface area contributed by atoms with Crippen LogP contribution in [0.5, 0.6) is 0 Å². The molecule has 9 amide bonds. The van der Waals surface area contributed by atoms with Crippen molar-refractivity contribution in [1.82, 2.24) is 47.9 Å². The zero-order valence-corrected chi connectivity index (χ0v) is 44.8. The number of hydrogen-bond donors (Lipinski definition) is 20. The predicted octanol–water partition coefficient (Wildman–Crippen LogP) is -5.98. The molecule has 0 saturated carbocycles. The van der Waals surface area contributed by atoms with E-state index in [4.69, 9.17) is 21.7 Å². The Morgan fingerprint density at radius 3 is 0.923 bits per heavy atom. The maximum atomic E-state index is 13.9. The van der Waals surface area contributed by atoms with E-state index in [0.29, 0.717) is 6.42 Å². The summed E-state index contributed by atoms with van der Waals surface area (Å²) >= 11 is 12.1. The average Bonchev–Trinajstić information content (AvgIpc) is 3.36. The molecule has 0 aliphatic carbocycles. The normalized spacial score (nSPS) is 14.7.